The normalized spacial score (nSPS) is 31.4. The lowest BCUT2D eigenvalue weighted by atomic mass is 9.72. The number of hydrogen-bond acceptors (Lipinski definition) is 16. The highest BCUT2D eigenvalue weighted by Gasteiger charge is 2.62. The average molecular weight is 1080 g/mol. The molecule has 2 N–H and O–H groups in total. The van der Waals surface area contributed by atoms with Gasteiger partial charge in [0.05, 0.1) is 79.7 Å². The largest absolute Gasteiger partial charge is 0.464 e. The zero-order valence-electron chi connectivity index (χ0n) is 45.5. The predicted octanol–water partition coefficient (Wildman–Crippen LogP) is 6.06. The summed E-state index contributed by atoms with van der Waals surface area (Å²) in [6.07, 6.45) is 9.28. The van der Waals surface area contributed by atoms with E-state index in [-0.39, 0.29) is 54.7 Å². The zero-order chi connectivity index (χ0) is 52.7. The van der Waals surface area contributed by atoms with Crippen molar-refractivity contribution in [3.63, 3.8) is 0 Å². The Balaban J connectivity index is 0.957. The number of piperazine rings is 1. The van der Waals surface area contributed by atoms with Crippen LogP contribution in [0.3, 0.4) is 0 Å². The predicted molar refractivity (Wildman–Crippen MR) is 290 cm³/mol. The fourth-order valence-corrected chi connectivity index (χ4v) is 14.9. The van der Waals surface area contributed by atoms with Crippen molar-refractivity contribution < 1.29 is 42.8 Å². The minimum absolute atomic E-state index is 0.0121. The number of fused-ring (bicyclic) bond motifs is 5. The van der Waals surface area contributed by atoms with Crippen LogP contribution in [0.1, 0.15) is 107 Å². The van der Waals surface area contributed by atoms with Crippen molar-refractivity contribution in [2.24, 2.45) is 17.3 Å². The van der Waals surface area contributed by atoms with Crippen LogP contribution in [0.4, 0.5) is 5.69 Å². The summed E-state index contributed by atoms with van der Waals surface area (Å²) in [5.74, 6) is -0.621. The van der Waals surface area contributed by atoms with Gasteiger partial charge in [0.2, 0.25) is 0 Å². The van der Waals surface area contributed by atoms with Gasteiger partial charge in [0.25, 0.3) is 11.8 Å². The number of cyclic esters (lactones) is 1. The van der Waals surface area contributed by atoms with Gasteiger partial charge in [-0.1, -0.05) is 19.9 Å². The maximum absolute atomic E-state index is 15.5. The highest BCUT2D eigenvalue weighted by atomic mass is 32.1. The van der Waals surface area contributed by atoms with Gasteiger partial charge in [0.1, 0.15) is 22.7 Å². The number of aromatic nitrogens is 3. The molecular weight excluding hydrogens is 999 g/mol. The van der Waals surface area contributed by atoms with E-state index in [2.05, 4.69) is 80.4 Å². The number of carbonyl (C=O) groups excluding carboxylic acids is 3. The summed E-state index contributed by atoms with van der Waals surface area (Å²) in [6.45, 7) is 17.0. The Labute approximate surface area is 455 Å². The summed E-state index contributed by atoms with van der Waals surface area (Å²) in [5.41, 5.74) is 9.77. The van der Waals surface area contributed by atoms with Gasteiger partial charge >= 0.3 is 5.97 Å². The number of amides is 2. The van der Waals surface area contributed by atoms with Crippen LogP contribution >= 0.6 is 11.3 Å². The molecule has 0 unspecified atom stereocenters. The molecule has 414 valence electrons. The Kier molecular flexibility index (Phi) is 14.0. The first-order valence-corrected chi connectivity index (χ1v) is 29.6. The molecule has 11 aliphatic rings. The summed E-state index contributed by atoms with van der Waals surface area (Å²) in [7, 11) is 1.75. The highest BCUT2D eigenvalue weighted by Crippen LogP contribution is 2.53. The van der Waals surface area contributed by atoms with Crippen LogP contribution in [0.25, 0.3) is 33.4 Å². The van der Waals surface area contributed by atoms with E-state index in [9.17, 15) is 9.59 Å². The molecule has 5 atom stereocenters. The summed E-state index contributed by atoms with van der Waals surface area (Å²) in [6, 6.07) is 7.17. The van der Waals surface area contributed by atoms with Crippen LogP contribution in [0.2, 0.25) is 0 Å². The summed E-state index contributed by atoms with van der Waals surface area (Å²) in [4.78, 5) is 63.0. The number of thiazole rings is 1. The van der Waals surface area contributed by atoms with E-state index >= 15 is 4.79 Å². The number of pyridine rings is 1. The highest BCUT2D eigenvalue weighted by molar-refractivity contribution is 7.10. The molecule has 10 bridgehead atoms. The Bertz CT molecular complexity index is 2860. The first-order chi connectivity index (χ1) is 37.3. The van der Waals surface area contributed by atoms with E-state index < -0.39 is 29.1 Å². The smallest absolute Gasteiger partial charge is 0.325 e. The Morgan fingerprint density at radius 2 is 1.71 bits per heavy atom. The van der Waals surface area contributed by atoms with Gasteiger partial charge in [-0.25, -0.2) is 10.4 Å². The topological polar surface area (TPSA) is 174 Å². The Morgan fingerprint density at radius 1 is 0.948 bits per heavy atom. The summed E-state index contributed by atoms with van der Waals surface area (Å²) in [5, 5.41) is 8.82. The molecule has 0 radical (unpaired) electrons. The number of methoxy groups -OCH3 is 1. The number of esters is 1. The van der Waals surface area contributed by atoms with E-state index in [4.69, 9.17) is 38.4 Å². The van der Waals surface area contributed by atoms with Crippen molar-refractivity contribution in [1.82, 2.24) is 40.1 Å². The molecule has 3 saturated carbocycles. The third-order valence-electron chi connectivity index (χ3n) is 18.7. The van der Waals surface area contributed by atoms with Gasteiger partial charge in [-0.05, 0) is 107 Å². The average Bonchev–Trinajstić information content (AvgIpc) is 4.05. The number of hydrogen-bond donors (Lipinski definition) is 2. The number of hydrazine groups is 1. The van der Waals surface area contributed by atoms with E-state index in [1.54, 1.807) is 12.1 Å². The second-order valence-corrected chi connectivity index (χ2v) is 25.3. The lowest BCUT2D eigenvalue weighted by Crippen LogP contribution is -2.72. The molecule has 77 heavy (non-hydrogen) atoms. The quantitative estimate of drug-likeness (QED) is 0.157. The monoisotopic (exact) mass is 1080 g/mol. The molecule has 3 aliphatic carbocycles. The molecule has 3 aromatic heterocycles. The Hall–Kier alpha value is -4.57. The SMILES string of the molecule is CO[C@@H](C)c1ncc(N2CCN(C3CC3)CC2)cc1-c1c2c3cc(ccc3n1CCOC1CCOCC1)-c1csc(n1)[C@@H](N1CCOCC1)[C@H](NC(=O)C13CC(C1)[C@@H](C)O3)C(=O)N1N[C@H](C(=O)OCC(C)(C)C2)C2CC1C2. The van der Waals surface area contributed by atoms with Gasteiger partial charge in [-0.2, -0.15) is 0 Å². The van der Waals surface area contributed by atoms with Gasteiger partial charge in [0, 0.05) is 111 Å². The molecule has 0 spiro atoms. The van der Waals surface area contributed by atoms with Crippen molar-refractivity contribution >= 4 is 45.7 Å². The number of carbonyl (C=O) groups is 3. The fourth-order valence-electron chi connectivity index (χ4n) is 13.9. The first kappa shape index (κ1) is 51.8. The zero-order valence-corrected chi connectivity index (χ0v) is 46.3. The molecule has 11 heterocycles. The van der Waals surface area contributed by atoms with Crippen LogP contribution in [0.5, 0.6) is 0 Å². The number of morpholine rings is 1. The van der Waals surface area contributed by atoms with Crippen LogP contribution in [0, 0.1) is 17.3 Å². The third kappa shape index (κ3) is 9.80. The maximum Gasteiger partial charge on any atom is 0.325 e. The van der Waals surface area contributed by atoms with E-state index in [1.165, 1.54) is 24.2 Å². The minimum atomic E-state index is -1.05. The number of nitrogens with zero attached hydrogens (tertiary/aromatic N) is 7. The molecule has 10 fully saturated rings. The van der Waals surface area contributed by atoms with Crippen molar-refractivity contribution in [2.75, 3.05) is 90.9 Å². The van der Waals surface area contributed by atoms with Gasteiger partial charge in [0.15, 0.2) is 0 Å². The van der Waals surface area contributed by atoms with E-state index in [0.29, 0.717) is 90.7 Å². The number of rotatable bonds is 12. The van der Waals surface area contributed by atoms with E-state index in [0.717, 1.165) is 100 Å². The van der Waals surface area contributed by atoms with Crippen LogP contribution < -0.4 is 15.6 Å². The fraction of sp³-hybridized carbons (Fsp3) is 0.672. The molecule has 18 nitrogen and oxygen atoms in total. The molecule has 1 aromatic carbocycles. The molecule has 8 aliphatic heterocycles. The number of anilines is 1. The van der Waals surface area contributed by atoms with Crippen molar-refractivity contribution in [2.45, 2.75) is 146 Å². The molecule has 15 rings (SSSR count). The lowest BCUT2D eigenvalue weighted by molar-refractivity contribution is -0.173. The van der Waals surface area contributed by atoms with Gasteiger partial charge in [-0.3, -0.25) is 34.2 Å². The number of benzene rings is 1. The van der Waals surface area contributed by atoms with E-state index in [1.807, 2.05) is 13.1 Å². The Morgan fingerprint density at radius 3 is 2.44 bits per heavy atom. The maximum atomic E-state index is 15.5. The van der Waals surface area contributed by atoms with Crippen molar-refractivity contribution in [3.05, 3.63) is 52.1 Å². The van der Waals surface area contributed by atoms with Gasteiger partial charge < -0.3 is 43.2 Å². The van der Waals surface area contributed by atoms with Crippen molar-refractivity contribution in [3.8, 4) is 22.5 Å². The molecule has 19 heteroatoms. The molecular formula is C58H77N9O9S. The number of nitrogens with one attached hydrogen (secondary N) is 2. The van der Waals surface area contributed by atoms with Crippen LogP contribution in [-0.4, -0.2) is 175 Å². The number of ether oxygens (including phenoxy) is 6. The van der Waals surface area contributed by atoms with Crippen molar-refractivity contribution in [1.29, 1.82) is 0 Å². The van der Waals surface area contributed by atoms with Gasteiger partial charge in [-0.15, -0.1) is 11.3 Å². The second-order valence-electron chi connectivity index (χ2n) is 24.4. The summed E-state index contributed by atoms with van der Waals surface area (Å²) >= 11 is 1.51. The van der Waals surface area contributed by atoms with Crippen LogP contribution in [-0.2, 0) is 55.8 Å². The first-order valence-electron chi connectivity index (χ1n) is 28.7. The standard InChI is InChI=1S/C58H77N9O9S/c1-34-38-28-58(29-38,76-34)56(70)61-50-52(65-16-21-73-22-17-65)53-60-46(32-77-53)36-6-9-47-43(26-36)45(30-57(3,4)33-75-55(69)49-37-24-40(25-37)67(62-49)54(50)68)51(66(47)18-23-74-42-10-19-72-20-11-42)44-27-41(31-59-48(44)35(2)71-5)64-14-12-63(13-15-64)39-7-8-39/h6,9,26-27,31-32,34-35,37-40,42,49-50,52,62H,7-8,10-25,28-30,33H2,1-5H3,(H,61,70)/t34-,35+,37?,38?,40?,49+,50+,52+,58?/m1/s1. The third-order valence-corrected chi connectivity index (χ3v) is 19.6. The molecule has 4 aromatic rings. The molecule has 2 amide bonds. The molecule has 7 saturated heterocycles. The summed E-state index contributed by atoms with van der Waals surface area (Å²) < 4.78 is 39.7. The lowest BCUT2D eigenvalue weighted by Gasteiger charge is -2.53. The minimum Gasteiger partial charge on any atom is -0.464 e. The van der Waals surface area contributed by atoms with Crippen LogP contribution in [0.15, 0.2) is 35.8 Å². The second kappa shape index (κ2) is 20.8.